The van der Waals surface area contributed by atoms with Crippen LogP contribution in [0.25, 0.3) is 0 Å². The lowest BCUT2D eigenvalue weighted by Gasteiger charge is -2.37. The first-order valence-corrected chi connectivity index (χ1v) is 7.04. The average molecular weight is 244 g/mol. The first-order chi connectivity index (χ1) is 7.97. The molecule has 0 spiro atoms. The topological polar surface area (TPSA) is 35.5 Å². The van der Waals surface area contributed by atoms with Gasteiger partial charge in [0.2, 0.25) is 0 Å². The Morgan fingerprint density at radius 1 is 1.29 bits per heavy atom. The van der Waals surface area contributed by atoms with E-state index in [-0.39, 0.29) is 5.41 Å². The van der Waals surface area contributed by atoms with Crippen LogP contribution >= 0.6 is 0 Å². The number of hydrogen-bond donors (Lipinski definition) is 2. The average Bonchev–Trinajstić information content (AvgIpc) is 2.31. The Kier molecular flexibility index (Phi) is 8.83. The van der Waals surface area contributed by atoms with E-state index in [0.717, 1.165) is 32.6 Å². The van der Waals surface area contributed by atoms with Gasteiger partial charge in [0.15, 0.2) is 0 Å². The monoisotopic (exact) mass is 244 g/mol. The molecule has 3 heteroatoms. The zero-order valence-corrected chi connectivity index (χ0v) is 12.4. The van der Waals surface area contributed by atoms with E-state index >= 15 is 0 Å². The molecule has 0 saturated heterocycles. The van der Waals surface area contributed by atoms with Crippen LogP contribution in [0.5, 0.6) is 0 Å². The fourth-order valence-electron chi connectivity index (χ4n) is 1.99. The van der Waals surface area contributed by atoms with Gasteiger partial charge in [0.05, 0.1) is 0 Å². The summed E-state index contributed by atoms with van der Waals surface area (Å²) in [7, 11) is 0. The summed E-state index contributed by atoms with van der Waals surface area (Å²) in [5.41, 5.74) is 0.265. The first-order valence-electron chi connectivity index (χ1n) is 7.04. The molecule has 2 N–H and O–H groups in total. The van der Waals surface area contributed by atoms with Crippen molar-refractivity contribution in [1.29, 1.82) is 0 Å². The highest BCUT2D eigenvalue weighted by molar-refractivity contribution is 4.83. The molecule has 0 fully saturated rings. The fraction of sp³-hybridized carbons (Fsp3) is 1.00. The van der Waals surface area contributed by atoms with Crippen molar-refractivity contribution in [2.45, 2.75) is 53.5 Å². The van der Waals surface area contributed by atoms with Gasteiger partial charge in [0.25, 0.3) is 0 Å². The van der Waals surface area contributed by atoms with Gasteiger partial charge in [-0.05, 0) is 38.3 Å². The molecule has 0 aliphatic rings. The summed E-state index contributed by atoms with van der Waals surface area (Å²) < 4.78 is 0. The molecule has 0 aromatic rings. The SMILES string of the molecule is CCCNC(C)C(C)(C)CN(CC)CCCO. The first kappa shape index (κ1) is 16.9. The van der Waals surface area contributed by atoms with E-state index < -0.39 is 0 Å². The second kappa shape index (κ2) is 8.90. The van der Waals surface area contributed by atoms with Crippen molar-refractivity contribution in [2.75, 3.05) is 32.8 Å². The van der Waals surface area contributed by atoms with Crippen LogP contribution in [0.3, 0.4) is 0 Å². The summed E-state index contributed by atoms with van der Waals surface area (Å²) in [6.07, 6.45) is 2.06. The van der Waals surface area contributed by atoms with Crippen LogP contribution in [0.2, 0.25) is 0 Å². The van der Waals surface area contributed by atoms with Gasteiger partial charge in [-0.3, -0.25) is 0 Å². The second-order valence-electron chi connectivity index (χ2n) is 5.61. The van der Waals surface area contributed by atoms with Gasteiger partial charge < -0.3 is 15.3 Å². The van der Waals surface area contributed by atoms with Crippen molar-refractivity contribution in [3.63, 3.8) is 0 Å². The van der Waals surface area contributed by atoms with E-state index in [1.807, 2.05) is 0 Å². The third kappa shape index (κ3) is 7.02. The predicted octanol–water partition coefficient (Wildman–Crippen LogP) is 2.11. The Hall–Kier alpha value is -0.120. The molecule has 1 unspecified atom stereocenters. The van der Waals surface area contributed by atoms with Crippen molar-refractivity contribution >= 4 is 0 Å². The van der Waals surface area contributed by atoms with Crippen molar-refractivity contribution in [3.8, 4) is 0 Å². The number of aliphatic hydroxyl groups excluding tert-OH is 1. The summed E-state index contributed by atoms with van der Waals surface area (Å²) in [5, 5.41) is 12.5. The van der Waals surface area contributed by atoms with E-state index in [9.17, 15) is 0 Å². The van der Waals surface area contributed by atoms with Crippen molar-refractivity contribution < 1.29 is 5.11 Å². The third-order valence-corrected chi connectivity index (χ3v) is 3.58. The lowest BCUT2D eigenvalue weighted by atomic mass is 9.84. The van der Waals surface area contributed by atoms with Gasteiger partial charge in [-0.2, -0.15) is 0 Å². The molecule has 0 aliphatic heterocycles. The van der Waals surface area contributed by atoms with E-state index in [1.165, 1.54) is 6.42 Å². The summed E-state index contributed by atoms with van der Waals surface area (Å²) in [4.78, 5) is 2.43. The predicted molar refractivity (Wildman–Crippen MR) is 75.4 cm³/mol. The Bertz CT molecular complexity index is 183. The van der Waals surface area contributed by atoms with Gasteiger partial charge in [0, 0.05) is 25.7 Å². The summed E-state index contributed by atoms with van der Waals surface area (Å²) in [6, 6.07) is 0.519. The fourth-order valence-corrected chi connectivity index (χ4v) is 1.99. The lowest BCUT2D eigenvalue weighted by molar-refractivity contribution is 0.138. The Morgan fingerprint density at radius 3 is 2.41 bits per heavy atom. The van der Waals surface area contributed by atoms with E-state index in [2.05, 4.69) is 44.8 Å². The summed E-state index contributed by atoms with van der Waals surface area (Å²) >= 11 is 0. The van der Waals surface area contributed by atoms with Crippen molar-refractivity contribution in [3.05, 3.63) is 0 Å². The molecule has 0 radical (unpaired) electrons. The van der Waals surface area contributed by atoms with Crippen LogP contribution in [0.1, 0.15) is 47.5 Å². The van der Waals surface area contributed by atoms with Crippen molar-refractivity contribution in [1.82, 2.24) is 10.2 Å². The molecule has 0 saturated carbocycles. The lowest BCUT2D eigenvalue weighted by Crippen LogP contribution is -2.47. The molecule has 1 atom stereocenters. The molecule has 0 bridgehead atoms. The van der Waals surface area contributed by atoms with Gasteiger partial charge >= 0.3 is 0 Å². The Morgan fingerprint density at radius 2 is 1.94 bits per heavy atom. The maximum Gasteiger partial charge on any atom is 0.0443 e. The highest BCUT2D eigenvalue weighted by Crippen LogP contribution is 2.22. The molecular formula is C14H32N2O. The molecule has 104 valence electrons. The van der Waals surface area contributed by atoms with Crippen LogP contribution in [-0.4, -0.2) is 48.8 Å². The molecule has 0 aromatic carbocycles. The number of aliphatic hydroxyl groups is 1. The molecule has 0 aliphatic carbocycles. The minimum atomic E-state index is 0.265. The van der Waals surface area contributed by atoms with Crippen LogP contribution in [0.15, 0.2) is 0 Å². The summed E-state index contributed by atoms with van der Waals surface area (Å²) in [5.74, 6) is 0. The molecule has 0 aromatic heterocycles. The smallest absolute Gasteiger partial charge is 0.0443 e. The van der Waals surface area contributed by atoms with E-state index in [4.69, 9.17) is 5.11 Å². The van der Waals surface area contributed by atoms with Crippen LogP contribution in [-0.2, 0) is 0 Å². The third-order valence-electron chi connectivity index (χ3n) is 3.58. The second-order valence-corrected chi connectivity index (χ2v) is 5.61. The van der Waals surface area contributed by atoms with E-state index in [0.29, 0.717) is 12.6 Å². The molecule has 0 amide bonds. The molecule has 17 heavy (non-hydrogen) atoms. The van der Waals surface area contributed by atoms with Crippen molar-refractivity contribution in [2.24, 2.45) is 5.41 Å². The highest BCUT2D eigenvalue weighted by Gasteiger charge is 2.27. The standard InChI is InChI=1S/C14H32N2O/c1-6-9-15-13(3)14(4,5)12-16(7-2)10-8-11-17/h13,15,17H,6-12H2,1-5H3. The van der Waals surface area contributed by atoms with Crippen LogP contribution < -0.4 is 5.32 Å². The zero-order valence-electron chi connectivity index (χ0n) is 12.4. The molecule has 0 rings (SSSR count). The Balaban J connectivity index is 4.17. The number of hydrogen-bond acceptors (Lipinski definition) is 3. The van der Waals surface area contributed by atoms with Gasteiger partial charge in [-0.1, -0.05) is 27.7 Å². The maximum atomic E-state index is 8.90. The minimum absolute atomic E-state index is 0.265. The van der Waals surface area contributed by atoms with Gasteiger partial charge in [-0.15, -0.1) is 0 Å². The number of nitrogens with one attached hydrogen (secondary N) is 1. The van der Waals surface area contributed by atoms with E-state index in [1.54, 1.807) is 0 Å². The van der Waals surface area contributed by atoms with Gasteiger partial charge in [0.1, 0.15) is 0 Å². The molecule has 3 nitrogen and oxygen atoms in total. The number of rotatable bonds is 10. The van der Waals surface area contributed by atoms with Gasteiger partial charge in [-0.25, -0.2) is 0 Å². The van der Waals surface area contributed by atoms with Crippen LogP contribution in [0, 0.1) is 5.41 Å². The molecular weight excluding hydrogens is 212 g/mol. The maximum absolute atomic E-state index is 8.90. The number of nitrogens with zero attached hydrogens (tertiary/aromatic N) is 1. The summed E-state index contributed by atoms with van der Waals surface area (Å²) in [6.45, 7) is 15.8. The Labute approximate surface area is 108 Å². The zero-order chi connectivity index (χ0) is 13.3. The molecule has 0 heterocycles. The normalized spacial score (nSPS) is 14.3. The minimum Gasteiger partial charge on any atom is -0.396 e. The quantitative estimate of drug-likeness (QED) is 0.618. The highest BCUT2D eigenvalue weighted by atomic mass is 16.3. The largest absolute Gasteiger partial charge is 0.396 e. The van der Waals surface area contributed by atoms with Crippen LogP contribution in [0.4, 0.5) is 0 Å².